The van der Waals surface area contributed by atoms with Gasteiger partial charge >= 0.3 is 0 Å². The molecule has 2 rings (SSSR count). The number of aromatic nitrogens is 2. The first-order valence-electron chi connectivity index (χ1n) is 5.09. The van der Waals surface area contributed by atoms with E-state index >= 15 is 0 Å². The van der Waals surface area contributed by atoms with Gasteiger partial charge in [0.2, 0.25) is 10.0 Å². The number of rotatable bonds is 3. The van der Waals surface area contributed by atoms with Gasteiger partial charge in [0.1, 0.15) is 4.90 Å². The van der Waals surface area contributed by atoms with Crippen molar-refractivity contribution < 1.29 is 8.42 Å². The number of hydrogen-bond acceptors (Lipinski definition) is 3. The monoisotopic (exact) mass is 229 g/mol. The summed E-state index contributed by atoms with van der Waals surface area (Å²) < 4.78 is 25.6. The highest BCUT2D eigenvalue weighted by Gasteiger charge is 2.30. The van der Waals surface area contributed by atoms with E-state index in [2.05, 4.69) is 10.2 Å². The number of H-pyrrole nitrogens is 1. The largest absolute Gasteiger partial charge is 0.284 e. The van der Waals surface area contributed by atoms with E-state index in [1.807, 2.05) is 0 Å². The molecule has 1 N–H and O–H groups in total. The van der Waals surface area contributed by atoms with Crippen LogP contribution in [-0.2, 0) is 10.0 Å². The Hall–Kier alpha value is -0.880. The molecule has 0 spiro atoms. The number of nitrogens with zero attached hydrogens (tertiary/aromatic N) is 2. The second-order valence-corrected chi connectivity index (χ2v) is 5.89. The third kappa shape index (κ3) is 1.91. The van der Waals surface area contributed by atoms with E-state index in [-0.39, 0.29) is 10.9 Å². The predicted octanol–water partition coefficient (Wildman–Crippen LogP) is 0.973. The zero-order valence-corrected chi connectivity index (χ0v) is 9.50. The number of nitrogens with one attached hydrogen (secondary N) is 1. The Morgan fingerprint density at radius 2 is 2.13 bits per heavy atom. The van der Waals surface area contributed by atoms with Crippen molar-refractivity contribution in [2.45, 2.75) is 36.6 Å². The topological polar surface area (TPSA) is 66.1 Å². The summed E-state index contributed by atoms with van der Waals surface area (Å²) in [5.74, 6) is 0. The standard InChI is InChI=1S/C9H15N3O2S/c1-12(8-4-2-3-5-8)15(13,14)9-6-10-11-7-9/h6-8H,2-5H2,1H3,(H,10,11). The zero-order chi connectivity index (χ0) is 10.9. The van der Waals surface area contributed by atoms with Gasteiger partial charge in [-0.2, -0.15) is 9.40 Å². The lowest BCUT2D eigenvalue weighted by molar-refractivity contribution is 0.373. The molecule has 0 unspecified atom stereocenters. The van der Waals surface area contributed by atoms with Crippen molar-refractivity contribution in [3.05, 3.63) is 12.4 Å². The highest BCUT2D eigenvalue weighted by atomic mass is 32.2. The lowest BCUT2D eigenvalue weighted by Gasteiger charge is -2.22. The fraction of sp³-hybridized carbons (Fsp3) is 0.667. The summed E-state index contributed by atoms with van der Waals surface area (Å²) in [5, 5.41) is 6.19. The Kier molecular flexibility index (Phi) is 2.79. The molecule has 1 aliphatic rings. The Morgan fingerprint density at radius 3 is 2.67 bits per heavy atom. The van der Waals surface area contributed by atoms with E-state index in [1.54, 1.807) is 7.05 Å². The van der Waals surface area contributed by atoms with Crippen molar-refractivity contribution >= 4 is 10.0 Å². The molecule has 1 aromatic rings. The van der Waals surface area contributed by atoms with Crippen molar-refractivity contribution in [2.75, 3.05) is 7.05 Å². The maximum Gasteiger partial charge on any atom is 0.246 e. The van der Waals surface area contributed by atoms with E-state index in [1.165, 1.54) is 16.7 Å². The zero-order valence-electron chi connectivity index (χ0n) is 8.68. The minimum atomic E-state index is -3.34. The molecule has 0 atom stereocenters. The van der Waals surface area contributed by atoms with Crippen LogP contribution in [0.4, 0.5) is 0 Å². The molecule has 6 heteroatoms. The number of hydrogen-bond donors (Lipinski definition) is 1. The summed E-state index contributed by atoms with van der Waals surface area (Å²) >= 11 is 0. The summed E-state index contributed by atoms with van der Waals surface area (Å²) in [5.41, 5.74) is 0. The van der Waals surface area contributed by atoms with Crippen molar-refractivity contribution in [1.82, 2.24) is 14.5 Å². The SMILES string of the molecule is CN(C1CCCC1)S(=O)(=O)c1cn[nH]c1. The van der Waals surface area contributed by atoms with E-state index in [0.717, 1.165) is 25.7 Å². The van der Waals surface area contributed by atoms with Gasteiger partial charge in [-0.25, -0.2) is 8.42 Å². The van der Waals surface area contributed by atoms with Crippen molar-refractivity contribution in [1.29, 1.82) is 0 Å². The van der Waals surface area contributed by atoms with Crippen molar-refractivity contribution in [2.24, 2.45) is 0 Å². The lowest BCUT2D eigenvalue weighted by Crippen LogP contribution is -2.34. The molecule has 1 fully saturated rings. The van der Waals surface area contributed by atoms with E-state index in [4.69, 9.17) is 0 Å². The quantitative estimate of drug-likeness (QED) is 0.840. The summed E-state index contributed by atoms with van der Waals surface area (Å²) in [6.07, 6.45) is 6.94. The minimum absolute atomic E-state index is 0.157. The van der Waals surface area contributed by atoms with Crippen LogP contribution in [0.15, 0.2) is 17.3 Å². The summed E-state index contributed by atoms with van der Waals surface area (Å²) in [4.78, 5) is 0.247. The maximum atomic E-state index is 12.0. The highest BCUT2D eigenvalue weighted by Crippen LogP contribution is 2.26. The fourth-order valence-electron chi connectivity index (χ4n) is 2.01. The molecule has 0 aromatic carbocycles. The van der Waals surface area contributed by atoms with Gasteiger partial charge in [0.05, 0.1) is 6.20 Å². The molecule has 1 heterocycles. The van der Waals surface area contributed by atoms with Crippen molar-refractivity contribution in [3.63, 3.8) is 0 Å². The van der Waals surface area contributed by atoms with Crippen LogP contribution in [0.5, 0.6) is 0 Å². The average molecular weight is 229 g/mol. The average Bonchev–Trinajstić information content (AvgIpc) is 2.89. The van der Waals surface area contributed by atoms with Gasteiger partial charge in [0, 0.05) is 19.3 Å². The molecule has 0 aliphatic heterocycles. The molecular weight excluding hydrogens is 214 g/mol. The van der Waals surface area contributed by atoms with Crippen LogP contribution in [0, 0.1) is 0 Å². The molecule has 84 valence electrons. The normalized spacial score (nSPS) is 18.8. The Balaban J connectivity index is 2.22. The van der Waals surface area contributed by atoms with Crippen LogP contribution in [0.3, 0.4) is 0 Å². The van der Waals surface area contributed by atoms with Crippen LogP contribution in [0.1, 0.15) is 25.7 Å². The van der Waals surface area contributed by atoms with E-state index < -0.39 is 10.0 Å². The minimum Gasteiger partial charge on any atom is -0.284 e. The van der Waals surface area contributed by atoms with Crippen LogP contribution >= 0.6 is 0 Å². The van der Waals surface area contributed by atoms with E-state index in [9.17, 15) is 8.42 Å². The first-order valence-corrected chi connectivity index (χ1v) is 6.53. The van der Waals surface area contributed by atoms with Gasteiger partial charge in [0.15, 0.2) is 0 Å². The molecule has 15 heavy (non-hydrogen) atoms. The van der Waals surface area contributed by atoms with Crippen LogP contribution in [0.25, 0.3) is 0 Å². The molecule has 1 saturated carbocycles. The summed E-state index contributed by atoms with van der Waals surface area (Å²) in [7, 11) is -1.69. The second-order valence-electron chi connectivity index (χ2n) is 3.89. The predicted molar refractivity (Wildman–Crippen MR) is 55.8 cm³/mol. The maximum absolute atomic E-state index is 12.0. The van der Waals surface area contributed by atoms with Crippen LogP contribution in [0.2, 0.25) is 0 Å². The van der Waals surface area contributed by atoms with Gasteiger partial charge in [-0.3, -0.25) is 5.10 Å². The van der Waals surface area contributed by atoms with Gasteiger partial charge in [0.25, 0.3) is 0 Å². The molecule has 1 aliphatic carbocycles. The first-order chi connectivity index (χ1) is 7.12. The Bertz CT molecular complexity index is 407. The molecule has 1 aromatic heterocycles. The molecule has 0 bridgehead atoms. The molecule has 0 amide bonds. The lowest BCUT2D eigenvalue weighted by atomic mass is 10.3. The third-order valence-corrected chi connectivity index (χ3v) is 4.86. The van der Waals surface area contributed by atoms with E-state index in [0.29, 0.717) is 0 Å². The van der Waals surface area contributed by atoms with Gasteiger partial charge < -0.3 is 0 Å². The van der Waals surface area contributed by atoms with Gasteiger partial charge in [-0.05, 0) is 12.8 Å². The number of aromatic amines is 1. The fourth-order valence-corrected chi connectivity index (χ4v) is 3.33. The van der Waals surface area contributed by atoms with Gasteiger partial charge in [-0.15, -0.1) is 0 Å². The van der Waals surface area contributed by atoms with Crippen LogP contribution < -0.4 is 0 Å². The highest BCUT2D eigenvalue weighted by molar-refractivity contribution is 7.89. The molecule has 0 saturated heterocycles. The Labute approximate surface area is 89.5 Å². The molecule has 5 nitrogen and oxygen atoms in total. The first kappa shape index (κ1) is 10.6. The molecule has 0 radical (unpaired) electrons. The van der Waals surface area contributed by atoms with Crippen LogP contribution in [-0.4, -0.2) is 36.0 Å². The summed E-state index contributed by atoms with van der Waals surface area (Å²) in [6.45, 7) is 0. The third-order valence-electron chi connectivity index (χ3n) is 2.99. The van der Waals surface area contributed by atoms with Gasteiger partial charge in [-0.1, -0.05) is 12.8 Å². The second kappa shape index (κ2) is 3.94. The summed E-state index contributed by atoms with van der Waals surface area (Å²) in [6, 6.07) is 0.157. The smallest absolute Gasteiger partial charge is 0.246 e. The molecular formula is C9H15N3O2S. The van der Waals surface area contributed by atoms with Crippen molar-refractivity contribution in [3.8, 4) is 0 Å². The Morgan fingerprint density at radius 1 is 1.47 bits per heavy atom. The number of sulfonamides is 1.